The van der Waals surface area contributed by atoms with Crippen LogP contribution in [0.3, 0.4) is 0 Å². The Kier molecular flexibility index (Phi) is 5.24. The first kappa shape index (κ1) is 19.8. The molecule has 4 rings (SSSR count). The van der Waals surface area contributed by atoms with Crippen LogP contribution >= 0.6 is 35.8 Å². The van der Waals surface area contributed by atoms with Gasteiger partial charge in [-0.3, -0.25) is 13.9 Å². The monoisotopic (exact) mass is 441 g/mol. The van der Waals surface area contributed by atoms with E-state index in [0.717, 1.165) is 17.0 Å². The number of thiazole rings is 1. The predicted molar refractivity (Wildman–Crippen MR) is 123 cm³/mol. The zero-order chi connectivity index (χ0) is 20.7. The first-order valence-corrected chi connectivity index (χ1v) is 10.8. The topological polar surface area (TPSA) is 51.9 Å². The summed E-state index contributed by atoms with van der Waals surface area (Å²) < 4.78 is 10.3. The van der Waals surface area contributed by atoms with Crippen molar-refractivity contribution in [3.05, 3.63) is 72.7 Å². The standard InChI is InChI=1S/C21H19N3O2S3/c1-4-26-15-8-6-14(7-9-15)23-19(25)17-18(22-20(23)27)24(21(28)29-17)16-10-5-12(2)11-13(16)3/h5-11H,4H2,1-3H3,(H,22,27). The fourth-order valence-corrected chi connectivity index (χ4v) is 4.95. The second-order valence-corrected chi connectivity index (χ2v) is 8.70. The molecule has 5 nitrogen and oxygen atoms in total. The minimum atomic E-state index is -0.187. The molecule has 2 aromatic heterocycles. The number of fused-ring (bicyclic) bond motifs is 1. The Morgan fingerprint density at radius 1 is 1.07 bits per heavy atom. The maximum Gasteiger partial charge on any atom is 0.278 e. The van der Waals surface area contributed by atoms with Crippen molar-refractivity contribution >= 4 is 46.1 Å². The molecule has 0 atom stereocenters. The summed E-state index contributed by atoms with van der Waals surface area (Å²) in [6.07, 6.45) is 0. The smallest absolute Gasteiger partial charge is 0.278 e. The third kappa shape index (κ3) is 3.48. The second kappa shape index (κ2) is 7.70. The third-order valence-corrected chi connectivity index (χ3v) is 6.28. The SMILES string of the molecule is CCOc1ccc(-n2c(=S)[nH]c3c(sc(=S)n3-c3ccc(C)cc3C)c2=O)cc1. The van der Waals surface area contributed by atoms with Crippen molar-refractivity contribution in [1.82, 2.24) is 14.1 Å². The molecule has 0 spiro atoms. The predicted octanol–water partition coefficient (Wildman–Crippen LogP) is 5.65. The lowest BCUT2D eigenvalue weighted by Crippen LogP contribution is -2.20. The van der Waals surface area contributed by atoms with Crippen molar-refractivity contribution in [1.29, 1.82) is 0 Å². The van der Waals surface area contributed by atoms with Crippen molar-refractivity contribution in [2.24, 2.45) is 0 Å². The molecule has 2 aromatic carbocycles. The molecule has 0 bridgehead atoms. The van der Waals surface area contributed by atoms with Gasteiger partial charge >= 0.3 is 0 Å². The summed E-state index contributed by atoms with van der Waals surface area (Å²) in [5, 5.41) is 0. The zero-order valence-corrected chi connectivity index (χ0v) is 18.6. The summed E-state index contributed by atoms with van der Waals surface area (Å²) in [5.74, 6) is 0.747. The van der Waals surface area contributed by atoms with Crippen LogP contribution in [0.5, 0.6) is 5.75 Å². The van der Waals surface area contributed by atoms with Gasteiger partial charge in [0.05, 0.1) is 18.0 Å². The Morgan fingerprint density at radius 2 is 1.79 bits per heavy atom. The highest BCUT2D eigenvalue weighted by Gasteiger charge is 2.16. The van der Waals surface area contributed by atoms with Gasteiger partial charge in [-0.15, -0.1) is 0 Å². The Bertz CT molecular complexity index is 1390. The molecule has 0 aliphatic carbocycles. The van der Waals surface area contributed by atoms with Gasteiger partial charge in [-0.05, 0) is 81.1 Å². The molecular weight excluding hydrogens is 422 g/mol. The van der Waals surface area contributed by atoms with Gasteiger partial charge in [0.1, 0.15) is 16.1 Å². The van der Waals surface area contributed by atoms with Gasteiger partial charge in [-0.25, -0.2) is 0 Å². The summed E-state index contributed by atoms with van der Waals surface area (Å²) in [4.78, 5) is 16.5. The lowest BCUT2D eigenvalue weighted by molar-refractivity contribution is 0.340. The highest BCUT2D eigenvalue weighted by molar-refractivity contribution is 7.73. The van der Waals surface area contributed by atoms with E-state index in [1.165, 1.54) is 21.5 Å². The molecule has 8 heteroatoms. The van der Waals surface area contributed by atoms with Crippen LogP contribution in [0.1, 0.15) is 18.1 Å². The van der Waals surface area contributed by atoms with E-state index in [2.05, 4.69) is 11.1 Å². The van der Waals surface area contributed by atoms with Crippen LogP contribution in [0, 0.1) is 22.6 Å². The van der Waals surface area contributed by atoms with Gasteiger partial charge in [0.25, 0.3) is 5.56 Å². The molecule has 0 saturated heterocycles. The molecule has 0 aliphatic rings. The van der Waals surface area contributed by atoms with Gasteiger partial charge in [0, 0.05) is 0 Å². The number of nitrogens with one attached hydrogen (secondary N) is 1. The molecule has 0 saturated carbocycles. The normalized spacial score (nSPS) is 11.1. The molecule has 148 valence electrons. The van der Waals surface area contributed by atoms with E-state index >= 15 is 0 Å². The van der Waals surface area contributed by atoms with E-state index in [4.69, 9.17) is 29.2 Å². The molecule has 0 radical (unpaired) electrons. The van der Waals surface area contributed by atoms with Gasteiger partial charge in [0.2, 0.25) is 0 Å². The van der Waals surface area contributed by atoms with Gasteiger partial charge in [-0.2, -0.15) is 0 Å². The van der Waals surface area contributed by atoms with E-state index < -0.39 is 0 Å². The van der Waals surface area contributed by atoms with Crippen molar-refractivity contribution < 1.29 is 4.74 Å². The molecule has 29 heavy (non-hydrogen) atoms. The summed E-state index contributed by atoms with van der Waals surface area (Å²) in [7, 11) is 0. The molecular formula is C21H19N3O2S3. The van der Waals surface area contributed by atoms with Crippen LogP contribution in [-0.2, 0) is 0 Å². The van der Waals surface area contributed by atoms with Crippen LogP contribution in [0.2, 0.25) is 0 Å². The summed E-state index contributed by atoms with van der Waals surface area (Å²) in [6.45, 7) is 6.59. The number of aryl methyl sites for hydroxylation is 2. The number of H-pyrrole nitrogens is 1. The number of aromatic amines is 1. The number of ether oxygens (including phenoxy) is 1. The summed E-state index contributed by atoms with van der Waals surface area (Å²) in [5.41, 5.74) is 4.31. The van der Waals surface area contributed by atoms with Crippen molar-refractivity contribution in [2.75, 3.05) is 6.61 Å². The average Bonchev–Trinajstić information content (AvgIpc) is 3.00. The Labute approximate surface area is 181 Å². The molecule has 2 heterocycles. The van der Waals surface area contributed by atoms with E-state index in [0.29, 0.717) is 31.4 Å². The number of nitrogens with zero attached hydrogens (tertiary/aromatic N) is 2. The average molecular weight is 442 g/mol. The largest absolute Gasteiger partial charge is 0.494 e. The summed E-state index contributed by atoms with van der Waals surface area (Å²) in [6, 6.07) is 13.4. The van der Waals surface area contributed by atoms with Crippen LogP contribution in [0.15, 0.2) is 47.3 Å². The van der Waals surface area contributed by atoms with Crippen LogP contribution < -0.4 is 10.3 Å². The van der Waals surface area contributed by atoms with E-state index in [9.17, 15) is 4.79 Å². The minimum absolute atomic E-state index is 0.187. The zero-order valence-electron chi connectivity index (χ0n) is 16.2. The molecule has 0 fully saturated rings. The van der Waals surface area contributed by atoms with Crippen molar-refractivity contribution in [2.45, 2.75) is 20.8 Å². The molecule has 0 aliphatic heterocycles. The maximum absolute atomic E-state index is 13.3. The second-order valence-electron chi connectivity index (χ2n) is 6.67. The highest BCUT2D eigenvalue weighted by atomic mass is 32.1. The number of rotatable bonds is 4. The lowest BCUT2D eigenvalue weighted by Gasteiger charge is -2.11. The quantitative estimate of drug-likeness (QED) is 0.416. The maximum atomic E-state index is 13.3. The van der Waals surface area contributed by atoms with E-state index in [1.54, 1.807) is 0 Å². The van der Waals surface area contributed by atoms with Gasteiger partial charge in [0.15, 0.2) is 8.73 Å². The summed E-state index contributed by atoms with van der Waals surface area (Å²) >= 11 is 12.4. The molecule has 0 unspecified atom stereocenters. The van der Waals surface area contributed by atoms with Crippen LogP contribution in [0.4, 0.5) is 0 Å². The van der Waals surface area contributed by atoms with Crippen molar-refractivity contribution in [3.63, 3.8) is 0 Å². The van der Waals surface area contributed by atoms with Crippen LogP contribution in [0.25, 0.3) is 21.7 Å². The van der Waals surface area contributed by atoms with Crippen LogP contribution in [-0.4, -0.2) is 20.7 Å². The fraction of sp³-hybridized carbons (Fsp3) is 0.190. The third-order valence-electron chi connectivity index (χ3n) is 4.64. The Balaban J connectivity index is 1.95. The Morgan fingerprint density at radius 3 is 2.45 bits per heavy atom. The minimum Gasteiger partial charge on any atom is -0.494 e. The van der Waals surface area contributed by atoms with Crippen molar-refractivity contribution in [3.8, 4) is 17.1 Å². The van der Waals surface area contributed by atoms with E-state index in [1.807, 2.05) is 61.7 Å². The molecule has 0 amide bonds. The van der Waals surface area contributed by atoms with Gasteiger partial charge < -0.3 is 9.72 Å². The number of benzene rings is 2. The number of hydrogen-bond acceptors (Lipinski definition) is 5. The lowest BCUT2D eigenvalue weighted by atomic mass is 10.1. The highest BCUT2D eigenvalue weighted by Crippen LogP contribution is 2.26. The molecule has 1 N–H and O–H groups in total. The Hall–Kier alpha value is -2.55. The van der Waals surface area contributed by atoms with E-state index in [-0.39, 0.29) is 5.56 Å². The van der Waals surface area contributed by atoms with Gasteiger partial charge in [-0.1, -0.05) is 29.0 Å². The molecule has 4 aromatic rings. The fourth-order valence-electron chi connectivity index (χ4n) is 3.35. The first-order valence-electron chi connectivity index (χ1n) is 9.12. The number of aromatic nitrogens is 3. The first-order chi connectivity index (χ1) is 13.9. The number of hydrogen-bond donors (Lipinski definition) is 1.